The van der Waals surface area contributed by atoms with Gasteiger partial charge in [0, 0.05) is 14.2 Å². The Bertz CT molecular complexity index is 1120. The van der Waals surface area contributed by atoms with Gasteiger partial charge in [-0.1, -0.05) is 119 Å². The van der Waals surface area contributed by atoms with Gasteiger partial charge in [-0.25, -0.2) is 0 Å². The second-order valence-electron chi connectivity index (χ2n) is 13.4. The van der Waals surface area contributed by atoms with E-state index in [0.29, 0.717) is 0 Å². The molecule has 0 aromatic heterocycles. The van der Waals surface area contributed by atoms with Gasteiger partial charge in [0.2, 0.25) is 0 Å². The molecule has 0 aliphatic rings. The van der Waals surface area contributed by atoms with Crippen molar-refractivity contribution in [3.63, 3.8) is 0 Å². The van der Waals surface area contributed by atoms with Crippen molar-refractivity contribution in [2.24, 2.45) is 0 Å². The van der Waals surface area contributed by atoms with Crippen LogP contribution in [0.15, 0.2) is 119 Å². The number of hydrogen-bond acceptors (Lipinski definition) is 2. The van der Waals surface area contributed by atoms with E-state index >= 15 is 0 Å². The number of methoxy groups -OCH3 is 2. The number of hydrogen-bond donors (Lipinski definition) is 0. The highest BCUT2D eigenvalue weighted by atomic mass is 16.5. The van der Waals surface area contributed by atoms with Crippen molar-refractivity contribution in [2.45, 2.75) is 132 Å². The van der Waals surface area contributed by atoms with Crippen LogP contribution < -0.4 is 0 Å². The lowest BCUT2D eigenvalue weighted by Crippen LogP contribution is -2.21. The highest BCUT2D eigenvalue weighted by Gasteiger charge is 2.15. The molecule has 246 valence electrons. The van der Waals surface area contributed by atoms with Crippen LogP contribution in [0.25, 0.3) is 0 Å². The average molecular weight is 603 g/mol. The van der Waals surface area contributed by atoms with Gasteiger partial charge in [0.25, 0.3) is 0 Å². The Morgan fingerprint density at radius 3 is 1.27 bits per heavy atom. The molecule has 0 saturated heterocycles. The summed E-state index contributed by atoms with van der Waals surface area (Å²) in [5.74, 6) is 0. The van der Waals surface area contributed by atoms with E-state index in [1.165, 1.54) is 39.9 Å². The van der Waals surface area contributed by atoms with Gasteiger partial charge in [0.15, 0.2) is 0 Å². The van der Waals surface area contributed by atoms with Crippen molar-refractivity contribution >= 4 is 0 Å². The molecule has 0 N–H and O–H groups in total. The largest absolute Gasteiger partial charge is 0.379 e. The molecule has 0 heterocycles. The summed E-state index contributed by atoms with van der Waals surface area (Å²) < 4.78 is 11.0. The molecule has 0 saturated carbocycles. The lowest BCUT2D eigenvalue weighted by Gasteiger charge is -2.22. The lowest BCUT2D eigenvalue weighted by atomic mass is 9.98. The van der Waals surface area contributed by atoms with Crippen LogP contribution in [0, 0.1) is 0 Å². The van der Waals surface area contributed by atoms with Crippen LogP contribution in [0.3, 0.4) is 0 Å². The van der Waals surface area contributed by atoms with Crippen molar-refractivity contribution in [3.05, 3.63) is 119 Å². The third-order valence-corrected chi connectivity index (χ3v) is 7.86. The normalized spacial score (nSPS) is 15.7. The van der Waals surface area contributed by atoms with E-state index in [1.54, 1.807) is 14.2 Å². The van der Waals surface area contributed by atoms with Crippen LogP contribution in [0.5, 0.6) is 0 Å². The first kappa shape index (κ1) is 41.3. The molecular formula is C42H66O2. The molecule has 0 aliphatic carbocycles. The molecule has 44 heavy (non-hydrogen) atoms. The third kappa shape index (κ3) is 24.7. The molecule has 0 spiro atoms. The molecule has 0 aliphatic heterocycles. The Kier molecular flexibility index (Phi) is 22.2. The van der Waals surface area contributed by atoms with Crippen molar-refractivity contribution in [1.29, 1.82) is 0 Å². The molecule has 0 rings (SSSR count). The fraction of sp³-hybridized carbons (Fsp3) is 0.524. The maximum atomic E-state index is 5.52. The maximum absolute atomic E-state index is 5.52. The SMILES string of the molecule is COC(C)(C)CCCC(C)=CC=CC(C)=CC=CC(C)=CC=CC=C(C)C=CC=C(C)CCC=C(C)CCCC(C)(C)OC. The zero-order valence-corrected chi connectivity index (χ0v) is 30.6. The monoisotopic (exact) mass is 603 g/mol. The fourth-order valence-electron chi connectivity index (χ4n) is 4.27. The minimum absolute atomic E-state index is 0.0171. The average Bonchev–Trinajstić information content (AvgIpc) is 2.95. The number of ether oxygens (including phenoxy) is 2. The van der Waals surface area contributed by atoms with Crippen molar-refractivity contribution in [2.75, 3.05) is 14.2 Å². The molecule has 0 amide bonds. The van der Waals surface area contributed by atoms with Gasteiger partial charge in [0.05, 0.1) is 11.2 Å². The first-order chi connectivity index (χ1) is 20.7. The van der Waals surface area contributed by atoms with Crippen LogP contribution >= 0.6 is 0 Å². The summed E-state index contributed by atoms with van der Waals surface area (Å²) in [6.45, 7) is 21.7. The number of allylic oxidation sites excluding steroid dienone is 20. The highest BCUT2D eigenvalue weighted by Crippen LogP contribution is 2.20. The summed E-state index contributed by atoms with van der Waals surface area (Å²) in [5.41, 5.74) is 7.92. The second-order valence-corrected chi connectivity index (χ2v) is 13.4. The maximum Gasteiger partial charge on any atom is 0.0622 e. The van der Waals surface area contributed by atoms with Crippen molar-refractivity contribution < 1.29 is 9.47 Å². The van der Waals surface area contributed by atoms with E-state index in [0.717, 1.165) is 44.9 Å². The van der Waals surface area contributed by atoms with Crippen molar-refractivity contribution in [3.8, 4) is 0 Å². The van der Waals surface area contributed by atoms with E-state index in [2.05, 4.69) is 154 Å². The zero-order valence-electron chi connectivity index (χ0n) is 30.6. The van der Waals surface area contributed by atoms with E-state index in [-0.39, 0.29) is 11.2 Å². The van der Waals surface area contributed by atoms with Gasteiger partial charge in [-0.3, -0.25) is 0 Å². The van der Waals surface area contributed by atoms with Gasteiger partial charge in [-0.15, -0.1) is 0 Å². The topological polar surface area (TPSA) is 18.5 Å². The first-order valence-corrected chi connectivity index (χ1v) is 16.5. The summed E-state index contributed by atoms with van der Waals surface area (Å²) in [4.78, 5) is 0. The molecule has 2 nitrogen and oxygen atoms in total. The Hall–Kier alpha value is -2.68. The van der Waals surface area contributed by atoms with Crippen LogP contribution in [-0.4, -0.2) is 25.4 Å². The molecule has 0 bridgehead atoms. The van der Waals surface area contributed by atoms with E-state index < -0.39 is 0 Å². The lowest BCUT2D eigenvalue weighted by molar-refractivity contribution is 0.0137. The molecule has 0 fully saturated rings. The Morgan fingerprint density at radius 2 is 0.841 bits per heavy atom. The highest BCUT2D eigenvalue weighted by molar-refractivity contribution is 5.31. The van der Waals surface area contributed by atoms with Crippen LogP contribution in [0.1, 0.15) is 121 Å². The minimum atomic E-state index is -0.0333. The van der Waals surface area contributed by atoms with Crippen LogP contribution in [0.4, 0.5) is 0 Å². The minimum Gasteiger partial charge on any atom is -0.379 e. The Morgan fingerprint density at radius 1 is 0.477 bits per heavy atom. The standard InChI is InChI=1S/C42H66O2/c1-35(23-15-25-37(3)27-17-29-39(5)31-19-33-41(7,8)43-11)21-13-14-22-36(2)24-16-26-38(4)28-18-30-40(6)32-20-34-42(9,10)44-12/h13-17,21-27,29-30H,18-20,28,31-34H2,1-12H3. The molecule has 0 aromatic rings. The number of rotatable bonds is 21. The van der Waals surface area contributed by atoms with Gasteiger partial charge < -0.3 is 9.47 Å². The smallest absolute Gasteiger partial charge is 0.0622 e. The third-order valence-electron chi connectivity index (χ3n) is 7.86. The summed E-state index contributed by atoms with van der Waals surface area (Å²) >= 11 is 0. The molecule has 0 atom stereocenters. The van der Waals surface area contributed by atoms with Crippen molar-refractivity contribution in [1.82, 2.24) is 0 Å². The fourth-order valence-corrected chi connectivity index (χ4v) is 4.27. The van der Waals surface area contributed by atoms with Crippen LogP contribution in [0.2, 0.25) is 0 Å². The van der Waals surface area contributed by atoms with E-state index in [4.69, 9.17) is 9.47 Å². The Balaban J connectivity index is 4.59. The summed E-state index contributed by atoms with van der Waals surface area (Å²) in [5, 5.41) is 0. The van der Waals surface area contributed by atoms with E-state index in [1.807, 2.05) is 0 Å². The Labute approximate surface area is 273 Å². The molecular weight excluding hydrogens is 536 g/mol. The predicted octanol–water partition coefficient (Wildman–Crippen LogP) is 12.9. The second kappa shape index (κ2) is 23.7. The zero-order chi connectivity index (χ0) is 33.4. The van der Waals surface area contributed by atoms with Gasteiger partial charge in [0.1, 0.15) is 0 Å². The quantitative estimate of drug-likeness (QED) is 0.0961. The van der Waals surface area contributed by atoms with Crippen LogP contribution in [-0.2, 0) is 9.47 Å². The molecule has 2 heteroatoms. The first-order valence-electron chi connectivity index (χ1n) is 16.5. The molecule has 0 radical (unpaired) electrons. The van der Waals surface area contributed by atoms with E-state index in [9.17, 15) is 0 Å². The summed E-state index contributed by atoms with van der Waals surface area (Å²) in [6, 6.07) is 0. The summed E-state index contributed by atoms with van der Waals surface area (Å²) in [6.07, 6.45) is 39.3. The summed E-state index contributed by atoms with van der Waals surface area (Å²) in [7, 11) is 3.59. The van der Waals surface area contributed by atoms with Gasteiger partial charge in [-0.2, -0.15) is 0 Å². The molecule has 0 unspecified atom stereocenters. The van der Waals surface area contributed by atoms with Gasteiger partial charge in [-0.05, 0) is 121 Å². The molecule has 0 aromatic carbocycles. The van der Waals surface area contributed by atoms with Gasteiger partial charge >= 0.3 is 0 Å². The predicted molar refractivity (Wildman–Crippen MR) is 198 cm³/mol.